The van der Waals surface area contributed by atoms with Gasteiger partial charge in [-0.05, 0) is 19.1 Å². The first kappa shape index (κ1) is 26.4. The SMILES string of the molecule is Cc1cn([C@H]2O[C@@H](COP(=O)(O)OP(=O)(O)OP(=O)(O)O)[C@@H](O)C2Cl)c(=S)[nH]c1=S. The fourth-order valence-corrected chi connectivity index (χ4v) is 6.16. The van der Waals surface area contributed by atoms with Crippen LogP contribution >= 0.6 is 59.5 Å². The number of phosphoric acid groups is 3. The lowest BCUT2D eigenvalue weighted by Crippen LogP contribution is -2.30. The summed E-state index contributed by atoms with van der Waals surface area (Å²) in [6.07, 6.45) is -2.25. The first-order chi connectivity index (χ1) is 13.5. The van der Waals surface area contributed by atoms with Crippen LogP contribution in [0.1, 0.15) is 11.8 Å². The zero-order valence-electron chi connectivity index (χ0n) is 14.7. The number of halogens is 1. The van der Waals surface area contributed by atoms with E-state index in [0.29, 0.717) is 10.2 Å². The summed E-state index contributed by atoms with van der Waals surface area (Å²) in [5.74, 6) is 0. The average Bonchev–Trinajstić information content (AvgIpc) is 2.81. The summed E-state index contributed by atoms with van der Waals surface area (Å²) >= 11 is 16.4. The Morgan fingerprint density at radius 3 is 2.37 bits per heavy atom. The van der Waals surface area contributed by atoms with E-state index in [9.17, 15) is 23.7 Å². The van der Waals surface area contributed by atoms with Crippen molar-refractivity contribution in [2.24, 2.45) is 0 Å². The first-order valence-electron chi connectivity index (χ1n) is 7.59. The van der Waals surface area contributed by atoms with Crippen LogP contribution in [0.3, 0.4) is 0 Å². The number of aromatic nitrogens is 2. The molecule has 2 rings (SSSR count). The third-order valence-electron chi connectivity index (χ3n) is 3.53. The van der Waals surface area contributed by atoms with E-state index in [1.165, 1.54) is 10.8 Å². The van der Waals surface area contributed by atoms with Crippen LogP contribution in [0.4, 0.5) is 0 Å². The molecule has 20 heteroatoms. The highest BCUT2D eigenvalue weighted by Crippen LogP contribution is 2.66. The molecule has 6 N–H and O–H groups in total. The first-order valence-corrected chi connectivity index (χ1v) is 13.4. The molecule has 1 fully saturated rings. The molecule has 0 radical (unpaired) electrons. The van der Waals surface area contributed by atoms with E-state index in [1.807, 2.05) is 0 Å². The summed E-state index contributed by atoms with van der Waals surface area (Å²) in [4.78, 5) is 38.3. The predicted octanol–water partition coefficient (Wildman–Crippen LogP) is 1.79. The van der Waals surface area contributed by atoms with Crippen molar-refractivity contribution in [1.82, 2.24) is 9.55 Å². The Hall–Kier alpha value is 0.140. The quantitative estimate of drug-likeness (QED) is 0.155. The minimum absolute atomic E-state index is 0.127. The summed E-state index contributed by atoms with van der Waals surface area (Å²) in [6.45, 7) is 0.825. The number of H-pyrrole nitrogens is 1. The van der Waals surface area contributed by atoms with Gasteiger partial charge in [-0.2, -0.15) is 8.62 Å². The van der Waals surface area contributed by atoms with Crippen LogP contribution in [0.15, 0.2) is 6.20 Å². The lowest BCUT2D eigenvalue weighted by Gasteiger charge is -2.19. The third-order valence-corrected chi connectivity index (χ3v) is 8.54. The van der Waals surface area contributed by atoms with Gasteiger partial charge >= 0.3 is 23.5 Å². The number of alkyl halides is 1. The Morgan fingerprint density at radius 1 is 1.20 bits per heavy atom. The van der Waals surface area contributed by atoms with E-state index < -0.39 is 53.9 Å². The molecule has 0 spiro atoms. The van der Waals surface area contributed by atoms with E-state index >= 15 is 0 Å². The number of hydrogen-bond donors (Lipinski definition) is 6. The highest BCUT2D eigenvalue weighted by atomic mass is 35.5. The Labute approximate surface area is 183 Å². The van der Waals surface area contributed by atoms with Crippen LogP contribution < -0.4 is 0 Å². The van der Waals surface area contributed by atoms with Gasteiger partial charge in [0.15, 0.2) is 11.0 Å². The summed E-state index contributed by atoms with van der Waals surface area (Å²) in [6, 6.07) is 0. The number of aryl methyl sites for hydroxylation is 1. The van der Waals surface area contributed by atoms with Crippen LogP contribution in [0.5, 0.6) is 0 Å². The minimum atomic E-state index is -5.66. The molecule has 1 aliphatic heterocycles. The summed E-state index contributed by atoms with van der Waals surface area (Å²) in [7, 11) is -16.6. The van der Waals surface area contributed by atoms with Crippen molar-refractivity contribution in [2.45, 2.75) is 30.7 Å². The Kier molecular flexibility index (Phi) is 8.41. The largest absolute Gasteiger partial charge is 0.490 e. The van der Waals surface area contributed by atoms with Crippen molar-refractivity contribution >= 4 is 59.5 Å². The van der Waals surface area contributed by atoms with E-state index in [0.717, 1.165) is 0 Å². The van der Waals surface area contributed by atoms with Crippen LogP contribution in [-0.2, 0) is 31.6 Å². The second kappa shape index (κ2) is 9.56. The molecule has 14 nitrogen and oxygen atoms in total. The van der Waals surface area contributed by atoms with Crippen molar-refractivity contribution in [2.75, 3.05) is 6.61 Å². The maximum atomic E-state index is 11.8. The maximum absolute atomic E-state index is 11.8. The van der Waals surface area contributed by atoms with Crippen molar-refractivity contribution in [3.63, 3.8) is 0 Å². The summed E-state index contributed by atoms with van der Waals surface area (Å²) in [5.41, 5.74) is 0.622. The number of rotatable bonds is 8. The van der Waals surface area contributed by atoms with Crippen molar-refractivity contribution < 1.29 is 56.3 Å². The van der Waals surface area contributed by atoms with Gasteiger partial charge in [-0.15, -0.1) is 11.6 Å². The van der Waals surface area contributed by atoms with Gasteiger partial charge in [0.2, 0.25) is 0 Å². The topological polar surface area (TPSA) is 210 Å². The lowest BCUT2D eigenvalue weighted by molar-refractivity contribution is -0.0442. The van der Waals surface area contributed by atoms with Gasteiger partial charge in [-0.25, -0.2) is 13.7 Å². The molecule has 1 saturated heterocycles. The molecule has 0 amide bonds. The number of aliphatic hydroxyl groups is 1. The Bertz CT molecular complexity index is 1060. The molecule has 3 unspecified atom stereocenters. The van der Waals surface area contributed by atoms with Crippen LogP contribution in [0, 0.1) is 16.3 Å². The predicted molar refractivity (Wildman–Crippen MR) is 105 cm³/mol. The third kappa shape index (κ3) is 7.07. The van der Waals surface area contributed by atoms with Crippen LogP contribution in [0.2, 0.25) is 0 Å². The molecule has 0 aromatic carbocycles. The highest BCUT2D eigenvalue weighted by molar-refractivity contribution is 7.72. The Balaban J connectivity index is 2.09. The second-order valence-corrected chi connectivity index (χ2v) is 11.6. The normalized spacial score (nSPS) is 28.8. The number of hydrogen-bond acceptors (Lipinski definition) is 10. The molecule has 0 bridgehead atoms. The number of aliphatic hydroxyl groups excluding tert-OH is 1. The molecule has 2 heterocycles. The fraction of sp³-hybridized carbons (Fsp3) is 0.600. The summed E-state index contributed by atoms with van der Waals surface area (Å²) in [5, 5.41) is 9.14. The van der Waals surface area contributed by atoms with E-state index in [4.69, 9.17) is 55.5 Å². The molecular weight excluding hydrogens is 533 g/mol. The summed E-state index contributed by atoms with van der Waals surface area (Å²) < 4.78 is 52.7. The van der Waals surface area contributed by atoms with Crippen molar-refractivity contribution in [1.29, 1.82) is 0 Å². The minimum Gasteiger partial charge on any atom is -0.389 e. The van der Waals surface area contributed by atoms with E-state index in [1.54, 1.807) is 6.92 Å². The number of nitrogens with one attached hydrogen (secondary N) is 1. The van der Waals surface area contributed by atoms with Gasteiger partial charge in [0, 0.05) is 11.8 Å². The molecule has 0 aliphatic carbocycles. The van der Waals surface area contributed by atoms with Gasteiger partial charge in [0.1, 0.15) is 22.2 Å². The van der Waals surface area contributed by atoms with Gasteiger partial charge in [-0.3, -0.25) is 9.09 Å². The molecule has 0 saturated carbocycles. The van der Waals surface area contributed by atoms with Gasteiger partial charge in [-0.1, -0.05) is 12.2 Å². The number of nitrogens with zero attached hydrogens (tertiary/aromatic N) is 1. The van der Waals surface area contributed by atoms with Crippen LogP contribution in [0.25, 0.3) is 0 Å². The number of ether oxygens (including phenoxy) is 1. The molecule has 1 aromatic rings. The van der Waals surface area contributed by atoms with Gasteiger partial charge in [0.05, 0.1) is 6.61 Å². The zero-order valence-corrected chi connectivity index (χ0v) is 19.7. The molecule has 30 heavy (non-hydrogen) atoms. The maximum Gasteiger partial charge on any atom is 0.490 e. The van der Waals surface area contributed by atoms with Gasteiger partial charge in [0.25, 0.3) is 0 Å². The lowest BCUT2D eigenvalue weighted by atomic mass is 10.2. The average molecular weight is 549 g/mol. The molecule has 6 atom stereocenters. The highest BCUT2D eigenvalue weighted by Gasteiger charge is 2.46. The standard InChI is InChI=1S/C10H16ClN2O12P3S2/c1-4-2-13(10(30)12-8(4)29)9-6(11)7(14)5(23-9)3-22-27(18,19)25-28(20,21)24-26(15,16)17/h2,5-7,9,14H,3H2,1H3,(H,18,19)(H,20,21)(H,12,29,30)(H2,15,16,17)/t5-,6?,7+,9-/m0/s1. The number of aromatic amines is 1. The van der Waals surface area contributed by atoms with Crippen molar-refractivity contribution in [3.05, 3.63) is 21.2 Å². The monoisotopic (exact) mass is 548 g/mol. The molecule has 1 aromatic heterocycles. The number of phosphoric ester groups is 1. The molecule has 1 aliphatic rings. The van der Waals surface area contributed by atoms with E-state index in [2.05, 4.69) is 18.1 Å². The van der Waals surface area contributed by atoms with Gasteiger partial charge < -0.3 is 34.4 Å². The fourth-order valence-electron chi connectivity index (χ4n) is 2.31. The smallest absolute Gasteiger partial charge is 0.389 e. The van der Waals surface area contributed by atoms with Crippen LogP contribution in [-0.4, -0.2) is 58.4 Å². The Morgan fingerprint density at radius 2 is 1.80 bits per heavy atom. The molecule has 172 valence electrons. The van der Waals surface area contributed by atoms with Crippen molar-refractivity contribution in [3.8, 4) is 0 Å². The zero-order chi connectivity index (χ0) is 23.1. The van der Waals surface area contributed by atoms with E-state index in [-0.39, 0.29) is 4.77 Å². The molecular formula is C10H16ClN2O12P3S2. The second-order valence-electron chi connectivity index (χ2n) is 5.87.